The maximum atomic E-state index is 12.9. The third-order valence-electron chi connectivity index (χ3n) is 5.54. The fraction of sp³-hybridized carbons (Fsp3) is 0.185. The van der Waals surface area contributed by atoms with Crippen LogP contribution in [-0.4, -0.2) is 32.0 Å². The average Bonchev–Trinajstić information content (AvgIpc) is 3.32. The molecule has 0 aliphatic heterocycles. The van der Waals surface area contributed by atoms with E-state index in [1.165, 1.54) is 11.6 Å². The highest BCUT2D eigenvalue weighted by Crippen LogP contribution is 2.33. The smallest absolute Gasteiger partial charge is 0.339 e. The number of nitrogens with zero attached hydrogens (tertiary/aromatic N) is 1. The van der Waals surface area contributed by atoms with Crippen LogP contribution in [0.2, 0.25) is 0 Å². The van der Waals surface area contributed by atoms with Crippen molar-refractivity contribution in [2.45, 2.75) is 24.9 Å². The number of methoxy groups -OCH3 is 1. The van der Waals surface area contributed by atoms with Gasteiger partial charge in [-0.25, -0.2) is 0 Å². The van der Waals surface area contributed by atoms with Crippen LogP contribution >= 0.6 is 0 Å². The first kappa shape index (κ1) is 23.6. The van der Waals surface area contributed by atoms with Crippen molar-refractivity contribution in [2.24, 2.45) is 0 Å². The Labute approximate surface area is 200 Å². The van der Waals surface area contributed by atoms with Gasteiger partial charge in [-0.2, -0.15) is 8.42 Å². The third kappa shape index (κ3) is 5.68. The maximum absolute atomic E-state index is 12.9. The zero-order chi connectivity index (χ0) is 24.0. The van der Waals surface area contributed by atoms with Gasteiger partial charge in [0.2, 0.25) is 0 Å². The summed E-state index contributed by atoms with van der Waals surface area (Å²) < 4.78 is 36.5. The molecule has 0 fully saturated rings. The lowest BCUT2D eigenvalue weighted by atomic mass is 10.1. The van der Waals surface area contributed by atoms with E-state index in [1.807, 2.05) is 30.3 Å². The van der Waals surface area contributed by atoms with Crippen molar-refractivity contribution in [1.82, 2.24) is 9.88 Å². The van der Waals surface area contributed by atoms with Gasteiger partial charge in [0, 0.05) is 30.0 Å². The molecule has 34 heavy (non-hydrogen) atoms. The van der Waals surface area contributed by atoms with Gasteiger partial charge in [-0.05, 0) is 54.6 Å². The Kier molecular flexibility index (Phi) is 7.35. The molecule has 4 aromatic rings. The molecule has 176 valence electrons. The van der Waals surface area contributed by atoms with Crippen molar-refractivity contribution in [3.63, 3.8) is 0 Å². The van der Waals surface area contributed by atoms with E-state index >= 15 is 0 Å². The van der Waals surface area contributed by atoms with Crippen LogP contribution in [0.1, 0.15) is 18.2 Å². The number of H-pyrrole nitrogens is 1. The summed E-state index contributed by atoms with van der Waals surface area (Å²) in [6.07, 6.45) is 0. The molecule has 0 saturated heterocycles. The van der Waals surface area contributed by atoms with E-state index in [-0.39, 0.29) is 10.6 Å². The second-order valence-electron chi connectivity index (χ2n) is 7.90. The van der Waals surface area contributed by atoms with Crippen molar-refractivity contribution in [1.29, 1.82) is 0 Å². The highest BCUT2D eigenvalue weighted by Gasteiger charge is 2.20. The summed E-state index contributed by atoms with van der Waals surface area (Å²) in [4.78, 5) is 5.81. The Hall–Kier alpha value is -3.55. The lowest BCUT2D eigenvalue weighted by Gasteiger charge is -2.19. The normalized spacial score (nSPS) is 11.5. The van der Waals surface area contributed by atoms with E-state index in [0.717, 1.165) is 31.0 Å². The van der Waals surface area contributed by atoms with Crippen LogP contribution in [0.25, 0.3) is 11.3 Å². The molecule has 0 radical (unpaired) electrons. The van der Waals surface area contributed by atoms with Crippen LogP contribution in [0.15, 0.2) is 95.9 Å². The van der Waals surface area contributed by atoms with Gasteiger partial charge in [0.1, 0.15) is 16.4 Å². The predicted molar refractivity (Wildman–Crippen MR) is 133 cm³/mol. The fourth-order valence-electron chi connectivity index (χ4n) is 3.76. The zero-order valence-corrected chi connectivity index (χ0v) is 20.1. The molecule has 0 bridgehead atoms. The summed E-state index contributed by atoms with van der Waals surface area (Å²) in [6, 6.07) is 27.5. The standard InChI is InChI=1S/C27H28N2O4S/c1-3-29(19-21-10-6-4-7-11-21)20-22-14-16-26(28-22)25-18-24(15-17-27(25)32-2)34(30,31)33-23-12-8-5-9-13-23/h4-18,28H,3,19-20H2,1-2H3. The van der Waals surface area contributed by atoms with Crippen LogP contribution in [0.3, 0.4) is 0 Å². The van der Waals surface area contributed by atoms with Crippen molar-refractivity contribution < 1.29 is 17.3 Å². The van der Waals surface area contributed by atoms with E-state index in [4.69, 9.17) is 8.92 Å². The molecular formula is C27H28N2O4S. The highest BCUT2D eigenvalue weighted by molar-refractivity contribution is 7.87. The van der Waals surface area contributed by atoms with E-state index in [2.05, 4.69) is 28.9 Å². The van der Waals surface area contributed by atoms with Crippen molar-refractivity contribution >= 4 is 10.1 Å². The molecular weight excluding hydrogens is 448 g/mol. The molecule has 0 aliphatic rings. The maximum Gasteiger partial charge on any atom is 0.339 e. The molecule has 3 aromatic carbocycles. The first-order valence-corrected chi connectivity index (χ1v) is 12.5. The number of para-hydroxylation sites is 1. The summed E-state index contributed by atoms with van der Waals surface area (Å²) in [7, 11) is -2.43. The van der Waals surface area contributed by atoms with Gasteiger partial charge in [-0.1, -0.05) is 55.5 Å². The predicted octanol–water partition coefficient (Wildman–Crippen LogP) is 5.48. The molecule has 0 atom stereocenters. The molecule has 7 heteroatoms. The van der Waals surface area contributed by atoms with Gasteiger partial charge in [0.25, 0.3) is 0 Å². The minimum atomic E-state index is -4.00. The third-order valence-corrected chi connectivity index (χ3v) is 6.78. The average molecular weight is 477 g/mol. The molecule has 1 heterocycles. The highest BCUT2D eigenvalue weighted by atomic mass is 32.2. The number of aromatic nitrogens is 1. The van der Waals surface area contributed by atoms with Crippen molar-refractivity contribution in [3.05, 3.63) is 102 Å². The number of benzene rings is 3. The van der Waals surface area contributed by atoms with Gasteiger partial charge in [0.05, 0.1) is 7.11 Å². The Bertz CT molecular complexity index is 1320. The molecule has 0 unspecified atom stereocenters. The molecule has 1 aromatic heterocycles. The van der Waals surface area contributed by atoms with E-state index < -0.39 is 10.1 Å². The van der Waals surface area contributed by atoms with Gasteiger partial charge in [-0.15, -0.1) is 0 Å². The van der Waals surface area contributed by atoms with Crippen LogP contribution in [0.5, 0.6) is 11.5 Å². The van der Waals surface area contributed by atoms with Gasteiger partial charge >= 0.3 is 10.1 Å². The summed E-state index contributed by atoms with van der Waals surface area (Å²) in [5, 5.41) is 0. The second-order valence-corrected chi connectivity index (χ2v) is 9.45. The first-order valence-electron chi connectivity index (χ1n) is 11.1. The zero-order valence-electron chi connectivity index (χ0n) is 19.3. The number of aromatic amines is 1. The lowest BCUT2D eigenvalue weighted by Crippen LogP contribution is -2.22. The monoisotopic (exact) mass is 476 g/mol. The van der Waals surface area contributed by atoms with Crippen molar-refractivity contribution in [2.75, 3.05) is 13.7 Å². The SMILES string of the molecule is CCN(Cc1ccccc1)Cc1ccc(-c2cc(S(=O)(=O)Oc3ccccc3)ccc2OC)[nH]1. The van der Waals surface area contributed by atoms with Crippen LogP contribution in [-0.2, 0) is 23.2 Å². The summed E-state index contributed by atoms with van der Waals surface area (Å²) >= 11 is 0. The first-order chi connectivity index (χ1) is 16.5. The minimum Gasteiger partial charge on any atom is -0.496 e. The van der Waals surface area contributed by atoms with E-state index in [9.17, 15) is 8.42 Å². The minimum absolute atomic E-state index is 0.0579. The summed E-state index contributed by atoms with van der Waals surface area (Å²) in [6.45, 7) is 4.62. The molecule has 0 saturated carbocycles. The Morgan fingerprint density at radius 3 is 2.24 bits per heavy atom. The number of rotatable bonds is 10. The second kappa shape index (κ2) is 10.6. The molecule has 0 aliphatic carbocycles. The van der Waals surface area contributed by atoms with Gasteiger partial charge in [0.15, 0.2) is 0 Å². The Morgan fingerprint density at radius 2 is 1.56 bits per heavy atom. The van der Waals surface area contributed by atoms with Crippen LogP contribution in [0.4, 0.5) is 0 Å². The van der Waals surface area contributed by atoms with Gasteiger partial charge in [-0.3, -0.25) is 4.90 Å². The number of hydrogen-bond acceptors (Lipinski definition) is 5. The largest absolute Gasteiger partial charge is 0.496 e. The lowest BCUT2D eigenvalue weighted by molar-refractivity contribution is 0.268. The molecule has 0 spiro atoms. The quantitative estimate of drug-likeness (QED) is 0.307. The number of nitrogens with one attached hydrogen (secondary N) is 1. The topological polar surface area (TPSA) is 71.6 Å². The van der Waals surface area contributed by atoms with Crippen LogP contribution < -0.4 is 8.92 Å². The Morgan fingerprint density at radius 1 is 0.853 bits per heavy atom. The molecule has 4 rings (SSSR count). The molecule has 6 nitrogen and oxygen atoms in total. The fourth-order valence-corrected chi connectivity index (χ4v) is 4.71. The van der Waals surface area contributed by atoms with E-state index in [0.29, 0.717) is 11.3 Å². The number of hydrogen-bond donors (Lipinski definition) is 1. The molecule has 0 amide bonds. The van der Waals surface area contributed by atoms with Gasteiger partial charge < -0.3 is 13.9 Å². The number of ether oxygens (including phenoxy) is 1. The Balaban J connectivity index is 1.57. The summed E-state index contributed by atoms with van der Waals surface area (Å²) in [5.41, 5.74) is 3.72. The van der Waals surface area contributed by atoms with Crippen molar-refractivity contribution in [3.8, 4) is 22.8 Å². The summed E-state index contributed by atoms with van der Waals surface area (Å²) in [5.74, 6) is 0.837. The van der Waals surface area contributed by atoms with E-state index in [1.54, 1.807) is 49.6 Å². The van der Waals surface area contributed by atoms with Crippen LogP contribution in [0, 0.1) is 0 Å². The molecule has 1 N–H and O–H groups in total.